The van der Waals surface area contributed by atoms with E-state index in [0.717, 1.165) is 28.4 Å². The van der Waals surface area contributed by atoms with E-state index in [9.17, 15) is 18.3 Å². The molecule has 36 heavy (non-hydrogen) atoms. The van der Waals surface area contributed by atoms with Gasteiger partial charge >= 0.3 is 42.4 Å². The highest BCUT2D eigenvalue weighted by atomic mass is 31.2. The van der Waals surface area contributed by atoms with Crippen molar-refractivity contribution in [1.29, 1.82) is 0 Å². The number of nitrogens with one attached hydrogen (secondary N) is 2. The van der Waals surface area contributed by atoms with Gasteiger partial charge in [0.15, 0.2) is 0 Å². The fourth-order valence-corrected chi connectivity index (χ4v) is 5.27. The maximum atomic E-state index is 12.7. The number of anilines is 2. The zero-order chi connectivity index (χ0) is 26.9. The average Bonchev–Trinajstić information content (AvgIpc) is 2.92. The van der Waals surface area contributed by atoms with E-state index in [2.05, 4.69) is 40.5 Å². The van der Waals surface area contributed by atoms with Crippen LogP contribution in [-0.2, 0) is 45.4 Å². The van der Waals surface area contributed by atoms with Crippen LogP contribution in [0.15, 0.2) is 0 Å². The van der Waals surface area contributed by atoms with Gasteiger partial charge in [0.25, 0.3) is 11.1 Å². The second kappa shape index (κ2) is 13.5. The topological polar surface area (TPSA) is 225 Å². The lowest BCUT2D eigenvalue weighted by Gasteiger charge is -2.13. The van der Waals surface area contributed by atoms with Crippen LogP contribution in [-0.4, -0.2) is 85.7 Å². The van der Waals surface area contributed by atoms with E-state index in [-0.39, 0.29) is 47.2 Å². The summed E-state index contributed by atoms with van der Waals surface area (Å²) in [4.78, 5) is 23.7. The maximum Gasteiger partial charge on any atom is 0.591 e. The van der Waals surface area contributed by atoms with E-state index in [4.69, 9.17) is 27.1 Å². The highest BCUT2D eigenvalue weighted by Crippen LogP contribution is 2.44. The molecule has 2 aromatic heterocycles. The van der Waals surface area contributed by atoms with Gasteiger partial charge in [0.2, 0.25) is 11.9 Å². The van der Waals surface area contributed by atoms with Crippen molar-refractivity contribution in [3.63, 3.8) is 0 Å². The Balaban J connectivity index is 2.25. The molecule has 2 heterocycles. The maximum absolute atomic E-state index is 12.7. The quantitative estimate of drug-likeness (QED) is 0.203. The van der Waals surface area contributed by atoms with Gasteiger partial charge in [-0.1, -0.05) is 0 Å². The van der Waals surface area contributed by atoms with Crippen LogP contribution in [0, 0.1) is 0 Å². The fourth-order valence-electron chi connectivity index (χ4n) is 2.26. The summed E-state index contributed by atoms with van der Waals surface area (Å²) in [7, 11) is -5.77. The summed E-state index contributed by atoms with van der Waals surface area (Å²) in [5.41, 5.74) is -1.32. The SMILES string of the molecule is CO[P+](=O)c1nc(NCCNc2nc([P+](=O)OC)nc(P(=O)(OC)OC)n2)nc(P(=O)(OC)OC)n1. The predicted molar refractivity (Wildman–Crippen MR) is 128 cm³/mol. The van der Waals surface area contributed by atoms with E-state index in [1.165, 1.54) is 14.2 Å². The minimum absolute atomic E-state index is 0.103. The first-order chi connectivity index (χ1) is 17.1. The highest BCUT2D eigenvalue weighted by Gasteiger charge is 2.36. The Bertz CT molecular complexity index is 1100. The summed E-state index contributed by atoms with van der Waals surface area (Å²) in [5.74, 6) is -0.205. The van der Waals surface area contributed by atoms with Gasteiger partial charge in [-0.25, -0.2) is 0 Å². The van der Waals surface area contributed by atoms with Gasteiger partial charge < -0.3 is 28.7 Å². The van der Waals surface area contributed by atoms with Gasteiger partial charge in [-0.05, 0) is 9.13 Å². The first kappa shape index (κ1) is 30.3. The Kier molecular flexibility index (Phi) is 11.4. The summed E-state index contributed by atoms with van der Waals surface area (Å²) in [6, 6.07) is 0. The van der Waals surface area contributed by atoms with Crippen LogP contribution in [0.1, 0.15) is 0 Å². The summed E-state index contributed by atoms with van der Waals surface area (Å²) >= 11 is 0. The van der Waals surface area contributed by atoms with E-state index in [1.807, 2.05) is 0 Å². The zero-order valence-corrected chi connectivity index (χ0v) is 23.5. The van der Waals surface area contributed by atoms with Gasteiger partial charge in [0.05, 0.1) is 14.2 Å². The van der Waals surface area contributed by atoms with Crippen molar-refractivity contribution >= 4 is 65.4 Å². The first-order valence-electron chi connectivity index (χ1n) is 9.56. The van der Waals surface area contributed by atoms with Crippen molar-refractivity contribution < 1.29 is 45.4 Å². The molecule has 0 aromatic carbocycles. The summed E-state index contributed by atoms with van der Waals surface area (Å²) < 4.78 is 78.5. The third kappa shape index (κ3) is 7.30. The van der Waals surface area contributed by atoms with E-state index >= 15 is 0 Å². The monoisotopic (exact) mass is 588 g/mol. The standard InChI is InChI=1S/C14H24N8O10P4/c1-27-33(23)11-17-9(19-13(21-11)35(25,29-3)30-4)15-7-8-16-10-18-12(34(24)28-2)22-14(20-10)36(26,31-5)32-6/h7-8H2,1-6H3,(H,15,17,19,21)(H,16,18,20,22)/q+2. The van der Waals surface area contributed by atoms with E-state index in [1.54, 1.807) is 0 Å². The van der Waals surface area contributed by atoms with Crippen LogP contribution in [0.25, 0.3) is 0 Å². The number of hydrogen-bond donors (Lipinski definition) is 2. The number of aromatic nitrogens is 6. The van der Waals surface area contributed by atoms with Crippen molar-refractivity contribution in [2.75, 3.05) is 66.4 Å². The molecule has 2 atom stereocenters. The molecule has 0 aliphatic heterocycles. The van der Waals surface area contributed by atoms with Crippen LogP contribution >= 0.6 is 31.2 Å². The third-order valence-electron chi connectivity index (χ3n) is 4.02. The fraction of sp³-hybridized carbons (Fsp3) is 0.571. The average molecular weight is 588 g/mol. The minimum atomic E-state index is -3.89. The number of hydrogen-bond acceptors (Lipinski definition) is 18. The lowest BCUT2D eigenvalue weighted by atomic mass is 10.6. The summed E-state index contributed by atoms with van der Waals surface area (Å²) in [5, 5.41) is 5.62. The Morgan fingerprint density at radius 3 is 1.22 bits per heavy atom. The van der Waals surface area contributed by atoms with Crippen molar-refractivity contribution in [3.05, 3.63) is 0 Å². The van der Waals surface area contributed by atoms with E-state index in [0.29, 0.717) is 0 Å². The molecule has 0 aliphatic rings. The minimum Gasteiger partial charge on any atom is -0.352 e. The smallest absolute Gasteiger partial charge is 0.352 e. The molecule has 2 N–H and O–H groups in total. The van der Waals surface area contributed by atoms with Gasteiger partial charge in [0.1, 0.15) is 0 Å². The molecule has 2 rings (SSSR count). The van der Waals surface area contributed by atoms with Gasteiger partial charge in [-0.2, -0.15) is 19.9 Å². The molecule has 0 saturated carbocycles. The molecule has 198 valence electrons. The molecule has 0 aliphatic carbocycles. The second-order valence-corrected chi connectivity index (χ2v) is 12.8. The third-order valence-corrected chi connectivity index (χ3v) is 9.04. The number of rotatable bonds is 15. The van der Waals surface area contributed by atoms with Gasteiger partial charge in [0, 0.05) is 41.5 Å². The first-order valence-corrected chi connectivity index (χ1v) is 15.0. The largest absolute Gasteiger partial charge is 0.591 e. The molecular weight excluding hydrogens is 564 g/mol. The number of nitrogens with zero attached hydrogens (tertiary/aromatic N) is 6. The lowest BCUT2D eigenvalue weighted by Crippen LogP contribution is -2.30. The van der Waals surface area contributed by atoms with Crippen LogP contribution in [0.4, 0.5) is 11.9 Å². The highest BCUT2D eigenvalue weighted by molar-refractivity contribution is 7.62. The zero-order valence-electron chi connectivity index (χ0n) is 20.0. The molecule has 0 radical (unpaired) electrons. The lowest BCUT2D eigenvalue weighted by molar-refractivity contribution is 0.285. The van der Waals surface area contributed by atoms with Crippen LogP contribution < -0.4 is 32.9 Å². The molecule has 22 heteroatoms. The van der Waals surface area contributed by atoms with E-state index < -0.39 is 31.2 Å². The molecular formula is C14H24N8O10P4+2. The summed E-state index contributed by atoms with van der Waals surface area (Å²) in [6.07, 6.45) is 0. The Morgan fingerprint density at radius 1 is 0.611 bits per heavy atom. The predicted octanol–water partition coefficient (Wildman–Crippen LogP) is -0.169. The second-order valence-electron chi connectivity index (χ2n) is 5.98. The molecule has 0 spiro atoms. The Labute approximate surface area is 207 Å². The molecule has 0 saturated heterocycles. The molecule has 2 unspecified atom stereocenters. The van der Waals surface area contributed by atoms with Crippen LogP contribution in [0.2, 0.25) is 0 Å². The molecule has 0 fully saturated rings. The molecule has 0 bridgehead atoms. The van der Waals surface area contributed by atoms with Crippen molar-refractivity contribution in [2.45, 2.75) is 0 Å². The van der Waals surface area contributed by atoms with Gasteiger partial charge in [-0.3, -0.25) is 9.13 Å². The van der Waals surface area contributed by atoms with Gasteiger partial charge in [-0.15, -0.1) is 19.0 Å². The molecule has 0 amide bonds. The normalized spacial score (nSPS) is 12.8. The molecule has 2 aromatic rings. The van der Waals surface area contributed by atoms with Crippen LogP contribution in [0.3, 0.4) is 0 Å². The van der Waals surface area contributed by atoms with Crippen molar-refractivity contribution in [1.82, 2.24) is 29.9 Å². The summed E-state index contributed by atoms with van der Waals surface area (Å²) in [6.45, 7) is 0.214. The molecule has 18 nitrogen and oxygen atoms in total. The Hall–Kier alpha value is -1.96. The van der Waals surface area contributed by atoms with Crippen LogP contribution in [0.5, 0.6) is 0 Å². The Morgan fingerprint density at radius 2 is 0.944 bits per heavy atom. The van der Waals surface area contributed by atoms with Crippen molar-refractivity contribution in [2.24, 2.45) is 0 Å². The van der Waals surface area contributed by atoms with Crippen molar-refractivity contribution in [3.8, 4) is 0 Å².